The minimum absolute atomic E-state index is 0.0380. The lowest BCUT2D eigenvalue weighted by Gasteiger charge is -2.44. The van der Waals surface area contributed by atoms with E-state index in [1.165, 1.54) is 0 Å². The number of rotatable bonds is 2. The summed E-state index contributed by atoms with van der Waals surface area (Å²) in [7, 11) is 3.71. The fraction of sp³-hybridized carbons (Fsp3) is 0.579. The first-order valence-corrected chi connectivity index (χ1v) is 9.21. The van der Waals surface area contributed by atoms with Crippen molar-refractivity contribution in [3.05, 3.63) is 11.8 Å². The van der Waals surface area contributed by atoms with Crippen LogP contribution < -0.4 is 9.64 Å². The van der Waals surface area contributed by atoms with Crippen LogP contribution in [0.2, 0.25) is 0 Å². The molecule has 1 fully saturated rings. The van der Waals surface area contributed by atoms with Gasteiger partial charge in [0.1, 0.15) is 24.0 Å². The number of nitriles is 1. The number of carbonyl (C=O) groups is 1. The third-order valence-electron chi connectivity index (χ3n) is 4.32. The van der Waals surface area contributed by atoms with Gasteiger partial charge in [0, 0.05) is 39.8 Å². The number of aromatic nitrogens is 1. The number of ether oxygens (including phenoxy) is 2. The van der Waals surface area contributed by atoms with E-state index in [-0.39, 0.29) is 17.8 Å². The molecule has 1 aromatic heterocycles. The number of hydrogen-bond acceptors (Lipinski definition) is 7. The molecule has 150 valence electrons. The maximum atomic E-state index is 12.4. The fourth-order valence-electron chi connectivity index (χ4n) is 3.10. The van der Waals surface area contributed by atoms with Gasteiger partial charge in [-0.2, -0.15) is 5.26 Å². The fourth-order valence-corrected chi connectivity index (χ4v) is 3.10. The van der Waals surface area contributed by atoms with Crippen molar-refractivity contribution < 1.29 is 14.3 Å². The zero-order valence-corrected chi connectivity index (χ0v) is 17.0. The second-order valence-corrected chi connectivity index (χ2v) is 8.08. The van der Waals surface area contributed by atoms with Crippen molar-refractivity contribution >= 4 is 23.9 Å². The molecule has 3 rings (SSSR count). The number of amides is 1. The zero-order valence-electron chi connectivity index (χ0n) is 17.0. The molecule has 1 aromatic rings. The Labute approximate surface area is 165 Å². The molecule has 0 unspecified atom stereocenters. The molecule has 28 heavy (non-hydrogen) atoms. The summed E-state index contributed by atoms with van der Waals surface area (Å²) >= 11 is 0. The standard InChI is InChI=1S/C19H26N6O3/c1-19(2,3)28-18(26)24-6-7-25-13(10-24)11-27-16-8-14(21-12-23(4)5)15(9-20)22-17(16)25/h8,12-13H,6-7,10-11H2,1-5H3/b21-12+/t13-/m0/s1. The van der Waals surface area contributed by atoms with Gasteiger partial charge in [0.25, 0.3) is 0 Å². The molecule has 9 heteroatoms. The minimum Gasteiger partial charge on any atom is -0.487 e. The third-order valence-corrected chi connectivity index (χ3v) is 4.32. The van der Waals surface area contributed by atoms with Gasteiger partial charge in [0.05, 0.1) is 12.4 Å². The van der Waals surface area contributed by atoms with Crippen molar-refractivity contribution in [3.63, 3.8) is 0 Å². The highest BCUT2D eigenvalue weighted by molar-refractivity contribution is 5.71. The summed E-state index contributed by atoms with van der Waals surface area (Å²) in [5, 5.41) is 9.48. The predicted molar refractivity (Wildman–Crippen MR) is 105 cm³/mol. The van der Waals surface area contributed by atoms with Crippen molar-refractivity contribution in [2.24, 2.45) is 4.99 Å². The van der Waals surface area contributed by atoms with Gasteiger partial charge in [-0.15, -0.1) is 0 Å². The third kappa shape index (κ3) is 4.27. The normalized spacial score (nSPS) is 18.8. The number of fused-ring (bicyclic) bond motifs is 3. The largest absolute Gasteiger partial charge is 0.487 e. The average Bonchev–Trinajstić information content (AvgIpc) is 2.63. The van der Waals surface area contributed by atoms with E-state index in [9.17, 15) is 10.1 Å². The summed E-state index contributed by atoms with van der Waals surface area (Å²) in [5.74, 6) is 1.23. The molecular weight excluding hydrogens is 360 g/mol. The Morgan fingerprint density at radius 1 is 1.46 bits per heavy atom. The van der Waals surface area contributed by atoms with E-state index in [4.69, 9.17) is 9.47 Å². The Kier molecular flexibility index (Phi) is 5.31. The molecule has 3 heterocycles. The van der Waals surface area contributed by atoms with Gasteiger partial charge in [-0.3, -0.25) is 0 Å². The highest BCUT2D eigenvalue weighted by Crippen LogP contribution is 2.37. The molecule has 0 aromatic carbocycles. The summed E-state index contributed by atoms with van der Waals surface area (Å²) in [4.78, 5) is 26.8. The molecule has 0 radical (unpaired) electrons. The maximum Gasteiger partial charge on any atom is 0.410 e. The van der Waals surface area contributed by atoms with Crippen LogP contribution >= 0.6 is 0 Å². The molecule has 1 amide bonds. The summed E-state index contributed by atoms with van der Waals surface area (Å²) < 4.78 is 11.4. The molecule has 2 aliphatic rings. The second-order valence-electron chi connectivity index (χ2n) is 8.08. The van der Waals surface area contributed by atoms with Crippen molar-refractivity contribution in [2.45, 2.75) is 32.4 Å². The van der Waals surface area contributed by atoms with E-state index in [1.54, 1.807) is 22.2 Å². The van der Waals surface area contributed by atoms with Crippen LogP contribution in [0.1, 0.15) is 26.5 Å². The van der Waals surface area contributed by atoms with E-state index < -0.39 is 5.60 Å². The molecule has 0 saturated carbocycles. The first-order valence-electron chi connectivity index (χ1n) is 9.21. The van der Waals surface area contributed by atoms with Crippen LogP contribution in [0.5, 0.6) is 5.75 Å². The second kappa shape index (κ2) is 7.54. The summed E-state index contributed by atoms with van der Waals surface area (Å²) in [6, 6.07) is 3.82. The zero-order chi connectivity index (χ0) is 20.5. The van der Waals surface area contributed by atoms with Gasteiger partial charge in [-0.25, -0.2) is 14.8 Å². The van der Waals surface area contributed by atoms with Gasteiger partial charge in [-0.05, 0) is 20.8 Å². The van der Waals surface area contributed by atoms with Crippen molar-refractivity contribution in [2.75, 3.05) is 45.2 Å². The van der Waals surface area contributed by atoms with Crippen LogP contribution in [-0.4, -0.2) is 79.2 Å². The molecule has 9 nitrogen and oxygen atoms in total. The monoisotopic (exact) mass is 386 g/mol. The number of pyridine rings is 1. The van der Waals surface area contributed by atoms with Crippen LogP contribution in [0.3, 0.4) is 0 Å². The molecule has 1 atom stereocenters. The van der Waals surface area contributed by atoms with Gasteiger partial charge < -0.3 is 24.2 Å². The molecule has 1 saturated heterocycles. The first-order chi connectivity index (χ1) is 13.2. The lowest BCUT2D eigenvalue weighted by atomic mass is 10.1. The quantitative estimate of drug-likeness (QED) is 0.567. The number of carbonyl (C=O) groups excluding carboxylic acids is 1. The molecule has 0 N–H and O–H groups in total. The van der Waals surface area contributed by atoms with Gasteiger partial charge >= 0.3 is 6.09 Å². The number of anilines is 1. The van der Waals surface area contributed by atoms with Crippen LogP contribution in [0.25, 0.3) is 0 Å². The van der Waals surface area contributed by atoms with Crippen LogP contribution in [0.15, 0.2) is 11.1 Å². The summed E-state index contributed by atoms with van der Waals surface area (Å²) in [6.07, 6.45) is 1.30. The molecule has 0 spiro atoms. The highest BCUT2D eigenvalue weighted by atomic mass is 16.6. The van der Waals surface area contributed by atoms with Crippen LogP contribution in [0.4, 0.5) is 16.3 Å². The average molecular weight is 386 g/mol. The number of nitrogens with zero attached hydrogens (tertiary/aromatic N) is 6. The Balaban J connectivity index is 1.80. The number of aliphatic imine (C=N–C) groups is 1. The van der Waals surface area contributed by atoms with Gasteiger partial charge in [0.2, 0.25) is 0 Å². The van der Waals surface area contributed by atoms with E-state index in [2.05, 4.69) is 20.9 Å². The lowest BCUT2D eigenvalue weighted by molar-refractivity contribution is 0.0194. The lowest BCUT2D eigenvalue weighted by Crippen LogP contribution is -2.59. The topological polar surface area (TPSA) is 94.3 Å². The van der Waals surface area contributed by atoms with Gasteiger partial charge in [0.15, 0.2) is 17.3 Å². The summed E-state index contributed by atoms with van der Waals surface area (Å²) in [5.41, 5.74) is 0.188. The smallest absolute Gasteiger partial charge is 0.410 e. The summed E-state index contributed by atoms with van der Waals surface area (Å²) in [6.45, 7) is 7.59. The maximum absolute atomic E-state index is 12.4. The van der Waals surface area contributed by atoms with E-state index >= 15 is 0 Å². The molecule has 0 bridgehead atoms. The van der Waals surface area contributed by atoms with Crippen LogP contribution in [-0.2, 0) is 4.74 Å². The molecule has 0 aliphatic carbocycles. The van der Waals surface area contributed by atoms with Gasteiger partial charge in [-0.1, -0.05) is 0 Å². The Morgan fingerprint density at radius 3 is 2.86 bits per heavy atom. The van der Waals surface area contributed by atoms with E-state index in [0.29, 0.717) is 43.5 Å². The van der Waals surface area contributed by atoms with Crippen molar-refractivity contribution in [1.29, 1.82) is 5.26 Å². The minimum atomic E-state index is -0.531. The van der Waals surface area contributed by atoms with Crippen molar-refractivity contribution in [3.8, 4) is 11.8 Å². The number of piperazine rings is 1. The van der Waals surface area contributed by atoms with E-state index in [0.717, 1.165) is 0 Å². The number of hydrogen-bond donors (Lipinski definition) is 0. The predicted octanol–water partition coefficient (Wildman–Crippen LogP) is 1.99. The first kappa shape index (κ1) is 19.7. The molecule has 2 aliphatic heterocycles. The van der Waals surface area contributed by atoms with Crippen molar-refractivity contribution in [1.82, 2.24) is 14.8 Å². The Morgan fingerprint density at radius 2 is 2.21 bits per heavy atom. The molecular formula is C19H26N6O3. The Bertz CT molecular complexity index is 824. The SMILES string of the molecule is CN(C)/C=N/c1cc2c(nc1C#N)N1CCN(C(=O)OC(C)(C)C)C[C@H]1CO2. The Hall–Kier alpha value is -3.02. The van der Waals surface area contributed by atoms with E-state index in [1.807, 2.05) is 34.9 Å². The van der Waals surface area contributed by atoms with Crippen LogP contribution in [0, 0.1) is 11.3 Å². The highest BCUT2D eigenvalue weighted by Gasteiger charge is 2.37.